The van der Waals surface area contributed by atoms with Crippen LogP contribution in [0.1, 0.15) is 36.4 Å². The van der Waals surface area contributed by atoms with Gasteiger partial charge in [0.1, 0.15) is 5.01 Å². The first-order chi connectivity index (χ1) is 10.5. The molecule has 6 heteroatoms. The van der Waals surface area contributed by atoms with Gasteiger partial charge in [-0.25, -0.2) is 4.98 Å². The molecule has 0 amide bonds. The van der Waals surface area contributed by atoms with Gasteiger partial charge in [0, 0.05) is 27.9 Å². The average molecular weight is 339 g/mol. The molecule has 0 aliphatic carbocycles. The fraction of sp³-hybridized carbons (Fsp3) is 0.375. The number of benzene rings is 1. The molecule has 0 spiro atoms. The van der Waals surface area contributed by atoms with E-state index in [4.69, 9.17) is 16.7 Å². The number of carboxylic acid groups (broad SMARTS) is 1. The van der Waals surface area contributed by atoms with Crippen molar-refractivity contribution >= 4 is 28.9 Å². The third kappa shape index (κ3) is 4.53. The minimum absolute atomic E-state index is 0.160. The molecule has 0 fully saturated rings. The van der Waals surface area contributed by atoms with Gasteiger partial charge < -0.3 is 10.4 Å². The van der Waals surface area contributed by atoms with Gasteiger partial charge in [-0.15, -0.1) is 11.3 Å². The second kappa shape index (κ2) is 7.72. The molecule has 22 heavy (non-hydrogen) atoms. The van der Waals surface area contributed by atoms with Crippen LogP contribution in [0, 0.1) is 6.92 Å². The van der Waals surface area contributed by atoms with E-state index in [9.17, 15) is 4.79 Å². The van der Waals surface area contributed by atoms with Crippen molar-refractivity contribution < 1.29 is 9.90 Å². The molecule has 4 nitrogen and oxygen atoms in total. The van der Waals surface area contributed by atoms with Gasteiger partial charge in [0.2, 0.25) is 0 Å². The molecule has 1 aromatic carbocycles. The summed E-state index contributed by atoms with van der Waals surface area (Å²) in [5.74, 6) is -0.756. The monoisotopic (exact) mass is 338 g/mol. The van der Waals surface area contributed by atoms with Crippen LogP contribution in [0.15, 0.2) is 24.3 Å². The van der Waals surface area contributed by atoms with Gasteiger partial charge in [-0.3, -0.25) is 4.79 Å². The molecular weight excluding hydrogens is 320 g/mol. The van der Waals surface area contributed by atoms with E-state index in [0.29, 0.717) is 18.0 Å². The Labute approximate surface area is 139 Å². The number of aryl methyl sites for hydroxylation is 1. The molecule has 2 rings (SSSR count). The first-order valence-corrected chi connectivity index (χ1v) is 8.35. The molecule has 0 saturated carbocycles. The van der Waals surface area contributed by atoms with Crippen LogP contribution in [0.25, 0.3) is 10.6 Å². The summed E-state index contributed by atoms with van der Waals surface area (Å²) in [6.07, 6.45) is 0.818. The van der Waals surface area contributed by atoms with Crippen molar-refractivity contribution in [2.75, 3.05) is 6.54 Å². The Bertz CT molecular complexity index is 640. The van der Waals surface area contributed by atoms with Crippen LogP contribution < -0.4 is 5.32 Å². The van der Waals surface area contributed by atoms with Crippen LogP contribution in [0.4, 0.5) is 0 Å². The predicted octanol–water partition coefficient (Wildman–Crippen LogP) is 4.29. The Morgan fingerprint density at radius 3 is 2.73 bits per heavy atom. The molecular formula is C16H19ClN2O2S. The normalized spacial score (nSPS) is 12.3. The van der Waals surface area contributed by atoms with E-state index in [1.807, 2.05) is 31.2 Å². The van der Waals surface area contributed by atoms with Gasteiger partial charge in [-0.05, 0) is 38.9 Å². The number of hydrogen-bond acceptors (Lipinski definition) is 4. The number of nitrogens with one attached hydrogen (secondary N) is 1. The smallest absolute Gasteiger partial charge is 0.303 e. The van der Waals surface area contributed by atoms with Gasteiger partial charge in [0.05, 0.1) is 5.69 Å². The van der Waals surface area contributed by atoms with Crippen molar-refractivity contribution in [3.63, 3.8) is 0 Å². The maximum atomic E-state index is 10.5. The zero-order chi connectivity index (χ0) is 16.1. The predicted molar refractivity (Wildman–Crippen MR) is 90.6 cm³/mol. The van der Waals surface area contributed by atoms with E-state index in [1.54, 1.807) is 11.3 Å². The standard InChI is InChI=1S/C16H19ClN2O2S/c1-10(18-9-3-4-14(20)21)15-11(2)19-16(22-15)12-5-7-13(17)8-6-12/h5-8,10,18H,3-4,9H2,1-2H3,(H,20,21). The number of carbonyl (C=O) groups is 1. The van der Waals surface area contributed by atoms with Crippen LogP contribution >= 0.6 is 22.9 Å². The molecule has 2 N–H and O–H groups in total. The third-order valence-corrected chi connectivity index (χ3v) is 4.98. The number of carboxylic acids is 1. The molecule has 0 radical (unpaired) electrons. The molecule has 0 saturated heterocycles. The number of nitrogens with zero attached hydrogens (tertiary/aromatic N) is 1. The highest BCUT2D eigenvalue weighted by Crippen LogP contribution is 2.32. The highest BCUT2D eigenvalue weighted by atomic mass is 35.5. The Morgan fingerprint density at radius 2 is 2.09 bits per heavy atom. The van der Waals surface area contributed by atoms with Crippen molar-refractivity contribution in [3.05, 3.63) is 39.9 Å². The maximum Gasteiger partial charge on any atom is 0.303 e. The van der Waals surface area contributed by atoms with Gasteiger partial charge >= 0.3 is 5.97 Å². The summed E-state index contributed by atoms with van der Waals surface area (Å²) in [4.78, 5) is 16.3. The summed E-state index contributed by atoms with van der Waals surface area (Å²) < 4.78 is 0. The second-order valence-corrected chi connectivity index (χ2v) is 6.62. The lowest BCUT2D eigenvalue weighted by molar-refractivity contribution is -0.137. The first-order valence-electron chi connectivity index (χ1n) is 7.16. The number of thiazole rings is 1. The largest absolute Gasteiger partial charge is 0.481 e. The summed E-state index contributed by atoms with van der Waals surface area (Å²) >= 11 is 7.57. The number of aromatic nitrogens is 1. The molecule has 0 aliphatic heterocycles. The minimum Gasteiger partial charge on any atom is -0.481 e. The molecule has 1 heterocycles. The Balaban J connectivity index is 2.02. The summed E-state index contributed by atoms with van der Waals surface area (Å²) in [5.41, 5.74) is 2.06. The lowest BCUT2D eigenvalue weighted by Gasteiger charge is -2.12. The highest BCUT2D eigenvalue weighted by Gasteiger charge is 2.15. The number of hydrogen-bond donors (Lipinski definition) is 2. The lowest BCUT2D eigenvalue weighted by Crippen LogP contribution is -2.20. The van der Waals surface area contributed by atoms with Gasteiger partial charge in [0.15, 0.2) is 0 Å². The van der Waals surface area contributed by atoms with Crippen LogP contribution in [0.5, 0.6) is 0 Å². The lowest BCUT2D eigenvalue weighted by atomic mass is 10.2. The molecule has 1 atom stereocenters. The van der Waals surface area contributed by atoms with Crippen molar-refractivity contribution in [3.8, 4) is 10.6 Å². The van der Waals surface area contributed by atoms with Crippen LogP contribution in [-0.2, 0) is 4.79 Å². The summed E-state index contributed by atoms with van der Waals surface area (Å²) in [5, 5.41) is 13.7. The van der Waals surface area contributed by atoms with Gasteiger partial charge in [-0.2, -0.15) is 0 Å². The van der Waals surface area contributed by atoms with Crippen LogP contribution in [0.3, 0.4) is 0 Å². The quantitative estimate of drug-likeness (QED) is 0.739. The number of rotatable bonds is 7. The fourth-order valence-corrected chi connectivity index (χ4v) is 3.40. The Kier molecular flexibility index (Phi) is 5.94. The molecule has 118 valence electrons. The van der Waals surface area contributed by atoms with E-state index in [1.165, 1.54) is 4.88 Å². The zero-order valence-electron chi connectivity index (χ0n) is 12.6. The zero-order valence-corrected chi connectivity index (χ0v) is 14.2. The summed E-state index contributed by atoms with van der Waals surface area (Å²) in [7, 11) is 0. The fourth-order valence-electron chi connectivity index (χ4n) is 2.18. The van der Waals surface area contributed by atoms with Gasteiger partial charge in [-0.1, -0.05) is 23.7 Å². The molecule has 2 aromatic rings. The van der Waals surface area contributed by atoms with Gasteiger partial charge in [0.25, 0.3) is 0 Å². The molecule has 0 bridgehead atoms. The van der Waals surface area contributed by atoms with Crippen molar-refractivity contribution in [1.82, 2.24) is 10.3 Å². The number of aliphatic carboxylic acids is 1. The number of halogens is 1. The molecule has 0 aliphatic rings. The van der Waals surface area contributed by atoms with Crippen LogP contribution in [-0.4, -0.2) is 22.6 Å². The topological polar surface area (TPSA) is 62.2 Å². The van der Waals surface area contributed by atoms with Crippen molar-refractivity contribution in [1.29, 1.82) is 0 Å². The van der Waals surface area contributed by atoms with E-state index < -0.39 is 5.97 Å². The van der Waals surface area contributed by atoms with Crippen molar-refractivity contribution in [2.24, 2.45) is 0 Å². The molecule has 1 aromatic heterocycles. The van der Waals surface area contributed by atoms with E-state index >= 15 is 0 Å². The van der Waals surface area contributed by atoms with E-state index in [0.717, 1.165) is 16.3 Å². The Morgan fingerprint density at radius 1 is 1.41 bits per heavy atom. The minimum atomic E-state index is -0.756. The summed E-state index contributed by atoms with van der Waals surface area (Å²) in [6, 6.07) is 7.82. The maximum absolute atomic E-state index is 10.5. The van der Waals surface area contributed by atoms with Crippen molar-refractivity contribution in [2.45, 2.75) is 32.7 Å². The summed E-state index contributed by atoms with van der Waals surface area (Å²) in [6.45, 7) is 4.76. The SMILES string of the molecule is Cc1nc(-c2ccc(Cl)cc2)sc1C(C)NCCCC(=O)O. The highest BCUT2D eigenvalue weighted by molar-refractivity contribution is 7.15. The van der Waals surface area contributed by atoms with Crippen LogP contribution in [0.2, 0.25) is 5.02 Å². The van der Waals surface area contributed by atoms with E-state index in [-0.39, 0.29) is 12.5 Å². The molecule has 1 unspecified atom stereocenters. The third-order valence-electron chi connectivity index (χ3n) is 3.33. The first kappa shape index (κ1) is 16.9. The average Bonchev–Trinajstić information content (AvgIpc) is 2.86. The van der Waals surface area contributed by atoms with E-state index in [2.05, 4.69) is 17.2 Å². The Hall–Kier alpha value is -1.43. The second-order valence-electron chi connectivity index (χ2n) is 5.15.